The summed E-state index contributed by atoms with van der Waals surface area (Å²) < 4.78 is 5.00. The zero-order valence-corrected chi connectivity index (χ0v) is 10.2. The molecule has 0 bridgehead atoms. The topological polar surface area (TPSA) is 49.8 Å². The molecule has 0 aliphatic rings. The van der Waals surface area contributed by atoms with Gasteiger partial charge in [-0.3, -0.25) is 4.90 Å². The monoisotopic (exact) mass is 243 g/mol. The lowest BCUT2D eigenvalue weighted by Gasteiger charge is -2.23. The Hall–Kier alpha value is -1.42. The molecule has 0 saturated heterocycles. The van der Waals surface area contributed by atoms with Gasteiger partial charge in [0.2, 0.25) is 0 Å². The minimum Gasteiger partial charge on any atom is -0.495 e. The maximum atomic E-state index is 11.1. The van der Waals surface area contributed by atoms with Gasteiger partial charge in [-0.1, -0.05) is 11.6 Å². The molecule has 1 aromatic rings. The smallest absolute Gasteiger partial charge is 0.412 e. The molecule has 0 aromatic heterocycles. The van der Waals surface area contributed by atoms with Crippen molar-refractivity contribution in [2.75, 3.05) is 12.0 Å². The van der Waals surface area contributed by atoms with Gasteiger partial charge in [0.05, 0.1) is 12.1 Å². The molecule has 5 heteroatoms. The third-order valence-electron chi connectivity index (χ3n) is 2.14. The van der Waals surface area contributed by atoms with E-state index in [9.17, 15) is 4.79 Å². The SMILES string of the molecule is COc1ccc(N(C(=O)O)C(C)C)cc1Cl. The van der Waals surface area contributed by atoms with Gasteiger partial charge in [0.25, 0.3) is 0 Å². The van der Waals surface area contributed by atoms with E-state index in [2.05, 4.69) is 0 Å². The highest BCUT2D eigenvalue weighted by Crippen LogP contribution is 2.29. The number of carboxylic acid groups (broad SMARTS) is 1. The van der Waals surface area contributed by atoms with Crippen LogP contribution in [0.25, 0.3) is 0 Å². The van der Waals surface area contributed by atoms with Crippen molar-refractivity contribution in [2.24, 2.45) is 0 Å². The first kappa shape index (κ1) is 12.6. The van der Waals surface area contributed by atoms with Crippen LogP contribution in [0.15, 0.2) is 18.2 Å². The number of rotatable bonds is 3. The van der Waals surface area contributed by atoms with E-state index in [1.165, 1.54) is 12.0 Å². The fraction of sp³-hybridized carbons (Fsp3) is 0.364. The lowest BCUT2D eigenvalue weighted by Crippen LogP contribution is -2.35. The Balaban J connectivity index is 3.12. The van der Waals surface area contributed by atoms with E-state index in [0.717, 1.165) is 0 Å². The highest BCUT2D eigenvalue weighted by molar-refractivity contribution is 6.32. The summed E-state index contributed by atoms with van der Waals surface area (Å²) in [5, 5.41) is 9.46. The first-order valence-corrected chi connectivity index (χ1v) is 5.21. The summed E-state index contributed by atoms with van der Waals surface area (Å²) in [7, 11) is 1.51. The fourth-order valence-electron chi connectivity index (χ4n) is 1.43. The molecule has 0 heterocycles. The third-order valence-corrected chi connectivity index (χ3v) is 2.43. The van der Waals surface area contributed by atoms with Crippen LogP contribution in [0.1, 0.15) is 13.8 Å². The van der Waals surface area contributed by atoms with Crippen molar-refractivity contribution in [3.8, 4) is 5.75 Å². The Labute approximate surface area is 99.4 Å². The van der Waals surface area contributed by atoms with Crippen LogP contribution >= 0.6 is 11.6 Å². The number of halogens is 1. The van der Waals surface area contributed by atoms with Crippen molar-refractivity contribution >= 4 is 23.4 Å². The van der Waals surface area contributed by atoms with E-state index in [0.29, 0.717) is 16.5 Å². The second kappa shape index (κ2) is 5.07. The van der Waals surface area contributed by atoms with Crippen molar-refractivity contribution in [1.82, 2.24) is 0 Å². The maximum absolute atomic E-state index is 11.1. The van der Waals surface area contributed by atoms with Crippen molar-refractivity contribution < 1.29 is 14.6 Å². The zero-order valence-electron chi connectivity index (χ0n) is 9.40. The molecule has 0 aliphatic heterocycles. The molecule has 1 rings (SSSR count). The standard InChI is InChI=1S/C11H14ClNO3/c1-7(2)13(11(14)15)8-4-5-10(16-3)9(12)6-8/h4-7H,1-3H3,(H,14,15). The Morgan fingerprint density at radius 2 is 2.12 bits per heavy atom. The molecule has 1 aromatic carbocycles. The zero-order chi connectivity index (χ0) is 12.3. The first-order valence-electron chi connectivity index (χ1n) is 4.83. The van der Waals surface area contributed by atoms with Crippen LogP contribution in [0.5, 0.6) is 5.75 Å². The summed E-state index contributed by atoms with van der Waals surface area (Å²) in [4.78, 5) is 12.3. The molecule has 88 valence electrons. The molecule has 1 amide bonds. The van der Waals surface area contributed by atoms with Crippen LogP contribution in [-0.2, 0) is 0 Å². The average Bonchev–Trinajstić information content (AvgIpc) is 2.16. The van der Waals surface area contributed by atoms with Crippen molar-refractivity contribution in [1.29, 1.82) is 0 Å². The molecule has 16 heavy (non-hydrogen) atoms. The van der Waals surface area contributed by atoms with Gasteiger partial charge >= 0.3 is 6.09 Å². The van der Waals surface area contributed by atoms with E-state index in [4.69, 9.17) is 21.4 Å². The van der Waals surface area contributed by atoms with Crippen LogP contribution in [-0.4, -0.2) is 24.4 Å². The number of hydrogen-bond donors (Lipinski definition) is 1. The fourth-order valence-corrected chi connectivity index (χ4v) is 1.69. The van der Waals surface area contributed by atoms with Crippen LogP contribution < -0.4 is 9.64 Å². The van der Waals surface area contributed by atoms with Gasteiger partial charge in [-0.25, -0.2) is 4.79 Å². The number of amides is 1. The number of anilines is 1. The normalized spacial score (nSPS) is 10.3. The second-order valence-electron chi connectivity index (χ2n) is 3.57. The van der Waals surface area contributed by atoms with E-state index in [1.54, 1.807) is 32.0 Å². The van der Waals surface area contributed by atoms with Gasteiger partial charge in [-0.05, 0) is 32.0 Å². The summed E-state index contributed by atoms with van der Waals surface area (Å²) in [5.74, 6) is 0.527. The highest BCUT2D eigenvalue weighted by atomic mass is 35.5. The second-order valence-corrected chi connectivity index (χ2v) is 3.97. The van der Waals surface area contributed by atoms with Crippen LogP contribution in [0.3, 0.4) is 0 Å². The average molecular weight is 244 g/mol. The molecule has 0 radical (unpaired) electrons. The lowest BCUT2D eigenvalue weighted by molar-refractivity contribution is 0.200. The lowest BCUT2D eigenvalue weighted by atomic mass is 10.2. The Morgan fingerprint density at radius 1 is 1.50 bits per heavy atom. The molecule has 1 N–H and O–H groups in total. The highest BCUT2D eigenvalue weighted by Gasteiger charge is 2.18. The molecule has 0 spiro atoms. The summed E-state index contributed by atoms with van der Waals surface area (Å²) in [5.41, 5.74) is 0.535. The van der Waals surface area contributed by atoms with E-state index >= 15 is 0 Å². The quantitative estimate of drug-likeness (QED) is 0.887. The van der Waals surface area contributed by atoms with E-state index in [-0.39, 0.29) is 6.04 Å². The first-order chi connectivity index (χ1) is 7.47. The van der Waals surface area contributed by atoms with Gasteiger partial charge in [0.15, 0.2) is 0 Å². The molecular formula is C11H14ClNO3. The summed E-state index contributed by atoms with van der Waals surface area (Å²) in [6, 6.07) is 4.74. The Bertz CT molecular complexity index is 393. The molecule has 0 unspecified atom stereocenters. The third kappa shape index (κ3) is 2.58. The van der Waals surface area contributed by atoms with Crippen LogP contribution in [0, 0.1) is 0 Å². The van der Waals surface area contributed by atoms with E-state index < -0.39 is 6.09 Å². The molecule has 0 aliphatic carbocycles. The van der Waals surface area contributed by atoms with Gasteiger partial charge in [0, 0.05) is 11.7 Å². The van der Waals surface area contributed by atoms with Crippen molar-refractivity contribution in [3.05, 3.63) is 23.2 Å². The minimum absolute atomic E-state index is 0.151. The number of benzene rings is 1. The van der Waals surface area contributed by atoms with Gasteiger partial charge in [-0.2, -0.15) is 0 Å². The summed E-state index contributed by atoms with van der Waals surface area (Å²) >= 11 is 5.94. The largest absolute Gasteiger partial charge is 0.495 e. The molecule has 0 fully saturated rings. The Morgan fingerprint density at radius 3 is 2.50 bits per heavy atom. The molecule has 0 saturated carbocycles. The number of carbonyl (C=O) groups is 1. The van der Waals surface area contributed by atoms with Gasteiger partial charge < -0.3 is 9.84 Å². The number of nitrogens with zero attached hydrogens (tertiary/aromatic N) is 1. The summed E-state index contributed by atoms with van der Waals surface area (Å²) in [6.07, 6.45) is -1.00. The maximum Gasteiger partial charge on any atom is 0.412 e. The van der Waals surface area contributed by atoms with Crippen molar-refractivity contribution in [3.63, 3.8) is 0 Å². The summed E-state index contributed by atoms with van der Waals surface area (Å²) in [6.45, 7) is 3.60. The number of ether oxygens (including phenoxy) is 1. The minimum atomic E-state index is -1.00. The number of hydrogen-bond acceptors (Lipinski definition) is 2. The van der Waals surface area contributed by atoms with Crippen molar-refractivity contribution in [2.45, 2.75) is 19.9 Å². The molecular weight excluding hydrogens is 230 g/mol. The van der Waals surface area contributed by atoms with Crippen LogP contribution in [0.2, 0.25) is 5.02 Å². The Kier molecular flexibility index (Phi) is 4.01. The molecule has 4 nitrogen and oxygen atoms in total. The predicted molar refractivity (Wildman–Crippen MR) is 63.6 cm³/mol. The van der Waals surface area contributed by atoms with Crippen LogP contribution in [0.4, 0.5) is 10.5 Å². The van der Waals surface area contributed by atoms with E-state index in [1.807, 2.05) is 0 Å². The number of methoxy groups -OCH3 is 1. The van der Waals surface area contributed by atoms with Gasteiger partial charge in [-0.15, -0.1) is 0 Å². The molecule has 0 atom stereocenters. The predicted octanol–water partition coefficient (Wildman–Crippen LogP) is 3.24. The van der Waals surface area contributed by atoms with Gasteiger partial charge in [0.1, 0.15) is 5.75 Å².